The third-order valence-electron chi connectivity index (χ3n) is 4.73. The number of carbonyl (C=O) groups excluding carboxylic acids is 2. The molecule has 0 unspecified atom stereocenters. The van der Waals surface area contributed by atoms with Crippen LogP contribution >= 0.6 is 0 Å². The lowest BCUT2D eigenvalue weighted by Gasteiger charge is -2.36. The molecule has 0 radical (unpaired) electrons. The molecule has 6 nitrogen and oxygen atoms in total. The van der Waals surface area contributed by atoms with Crippen molar-refractivity contribution in [1.29, 1.82) is 0 Å². The average Bonchev–Trinajstić information content (AvgIpc) is 2.74. The molecule has 3 rings (SSSR count). The van der Waals surface area contributed by atoms with Gasteiger partial charge in [0.25, 0.3) is 5.91 Å². The predicted molar refractivity (Wildman–Crippen MR) is 107 cm³/mol. The van der Waals surface area contributed by atoms with Crippen molar-refractivity contribution in [2.24, 2.45) is 0 Å². The molecule has 0 bridgehead atoms. The van der Waals surface area contributed by atoms with Crippen LogP contribution in [0.2, 0.25) is 0 Å². The summed E-state index contributed by atoms with van der Waals surface area (Å²) in [4.78, 5) is 26.4. The summed E-state index contributed by atoms with van der Waals surface area (Å²) in [5, 5.41) is 2.80. The molecule has 0 spiro atoms. The van der Waals surface area contributed by atoms with E-state index in [0.29, 0.717) is 36.7 Å². The number of hydrogen-bond acceptors (Lipinski definition) is 4. The maximum absolute atomic E-state index is 12.5. The van der Waals surface area contributed by atoms with Crippen molar-refractivity contribution in [3.05, 3.63) is 54.1 Å². The highest BCUT2D eigenvalue weighted by Crippen LogP contribution is 2.23. The van der Waals surface area contributed by atoms with Gasteiger partial charge in [-0.15, -0.1) is 0 Å². The highest BCUT2D eigenvalue weighted by Gasteiger charge is 2.43. The molecule has 0 atom stereocenters. The fraction of sp³-hybridized carbons (Fsp3) is 0.333. The lowest BCUT2D eigenvalue weighted by Crippen LogP contribution is -2.52. The van der Waals surface area contributed by atoms with Gasteiger partial charge in [-0.05, 0) is 55.5 Å². The number of halogens is 3. The Bertz CT molecular complexity index is 875. The zero-order chi connectivity index (χ0) is 21.7. The Kier molecular flexibility index (Phi) is 6.49. The maximum Gasteiger partial charge on any atom is 0.471 e. The molecule has 9 heteroatoms. The average molecular weight is 421 g/mol. The molecule has 1 aliphatic rings. The lowest BCUT2D eigenvalue weighted by molar-refractivity contribution is -0.185. The van der Waals surface area contributed by atoms with E-state index in [4.69, 9.17) is 4.74 Å². The van der Waals surface area contributed by atoms with Gasteiger partial charge in [0.05, 0.1) is 6.61 Å². The first-order valence-corrected chi connectivity index (χ1v) is 9.53. The van der Waals surface area contributed by atoms with E-state index in [1.807, 2.05) is 11.8 Å². The minimum Gasteiger partial charge on any atom is -0.494 e. The van der Waals surface area contributed by atoms with Crippen LogP contribution < -0.4 is 15.0 Å². The number of piperazine rings is 1. The molecule has 2 amide bonds. The van der Waals surface area contributed by atoms with Crippen LogP contribution in [0.15, 0.2) is 48.5 Å². The molecule has 1 heterocycles. The highest BCUT2D eigenvalue weighted by atomic mass is 19.4. The zero-order valence-corrected chi connectivity index (χ0v) is 16.4. The van der Waals surface area contributed by atoms with E-state index in [1.165, 1.54) is 0 Å². The first kappa shape index (κ1) is 21.5. The number of hydrogen-bond donors (Lipinski definition) is 1. The summed E-state index contributed by atoms with van der Waals surface area (Å²) < 4.78 is 43.0. The van der Waals surface area contributed by atoms with Gasteiger partial charge in [-0.2, -0.15) is 13.2 Å². The van der Waals surface area contributed by atoms with Crippen LogP contribution in [-0.2, 0) is 4.79 Å². The Morgan fingerprint density at radius 1 is 0.967 bits per heavy atom. The molecule has 0 aliphatic carbocycles. The van der Waals surface area contributed by atoms with Gasteiger partial charge in [-0.1, -0.05) is 0 Å². The Morgan fingerprint density at radius 3 is 2.10 bits per heavy atom. The number of anilines is 2. The second kappa shape index (κ2) is 9.06. The summed E-state index contributed by atoms with van der Waals surface area (Å²) in [6, 6.07) is 13.8. The van der Waals surface area contributed by atoms with Crippen LogP contribution in [0.25, 0.3) is 0 Å². The summed E-state index contributed by atoms with van der Waals surface area (Å²) in [5.41, 5.74) is 1.91. The van der Waals surface area contributed by atoms with Crippen molar-refractivity contribution in [3.63, 3.8) is 0 Å². The number of nitrogens with zero attached hydrogens (tertiary/aromatic N) is 2. The van der Waals surface area contributed by atoms with E-state index in [1.54, 1.807) is 48.5 Å². The Balaban J connectivity index is 1.55. The van der Waals surface area contributed by atoms with Gasteiger partial charge in [0.2, 0.25) is 0 Å². The van der Waals surface area contributed by atoms with Crippen molar-refractivity contribution >= 4 is 23.2 Å². The molecular weight excluding hydrogens is 399 g/mol. The fourth-order valence-corrected chi connectivity index (χ4v) is 3.18. The van der Waals surface area contributed by atoms with Crippen LogP contribution in [-0.4, -0.2) is 55.7 Å². The van der Waals surface area contributed by atoms with Gasteiger partial charge >= 0.3 is 12.1 Å². The molecule has 1 N–H and O–H groups in total. The lowest BCUT2D eigenvalue weighted by atomic mass is 10.2. The number of alkyl halides is 3. The third-order valence-corrected chi connectivity index (χ3v) is 4.73. The van der Waals surface area contributed by atoms with Gasteiger partial charge in [0.1, 0.15) is 5.75 Å². The topological polar surface area (TPSA) is 61.9 Å². The van der Waals surface area contributed by atoms with Crippen molar-refractivity contribution in [3.8, 4) is 5.75 Å². The van der Waals surface area contributed by atoms with E-state index >= 15 is 0 Å². The summed E-state index contributed by atoms with van der Waals surface area (Å²) >= 11 is 0. The number of ether oxygens (including phenoxy) is 1. The largest absolute Gasteiger partial charge is 0.494 e. The SMILES string of the molecule is CCOc1ccc(C(=O)Nc2ccc(N3CCN(C(=O)C(F)(F)F)CC3)cc2)cc1. The van der Waals surface area contributed by atoms with Gasteiger partial charge in [0.15, 0.2) is 0 Å². The number of carbonyl (C=O) groups is 2. The second-order valence-corrected chi connectivity index (χ2v) is 6.74. The summed E-state index contributed by atoms with van der Waals surface area (Å²) in [7, 11) is 0. The van der Waals surface area contributed by atoms with Gasteiger partial charge in [-0.25, -0.2) is 0 Å². The zero-order valence-electron chi connectivity index (χ0n) is 16.4. The van der Waals surface area contributed by atoms with E-state index in [2.05, 4.69) is 5.32 Å². The minimum absolute atomic E-state index is 0.00850. The van der Waals surface area contributed by atoms with E-state index in [-0.39, 0.29) is 19.0 Å². The minimum atomic E-state index is -4.84. The number of amides is 2. The third kappa shape index (κ3) is 5.22. The van der Waals surface area contributed by atoms with Gasteiger partial charge in [-0.3, -0.25) is 9.59 Å². The monoisotopic (exact) mass is 421 g/mol. The highest BCUT2D eigenvalue weighted by molar-refractivity contribution is 6.04. The molecule has 0 aromatic heterocycles. The molecule has 1 aliphatic heterocycles. The van der Waals surface area contributed by atoms with Crippen molar-refractivity contribution in [1.82, 2.24) is 4.90 Å². The fourth-order valence-electron chi connectivity index (χ4n) is 3.18. The van der Waals surface area contributed by atoms with E-state index in [0.717, 1.165) is 10.6 Å². The van der Waals surface area contributed by atoms with Crippen LogP contribution in [0.3, 0.4) is 0 Å². The summed E-state index contributed by atoms with van der Waals surface area (Å²) in [5.74, 6) is -1.37. The second-order valence-electron chi connectivity index (χ2n) is 6.74. The quantitative estimate of drug-likeness (QED) is 0.802. The van der Waals surface area contributed by atoms with Gasteiger partial charge < -0.3 is 19.9 Å². The van der Waals surface area contributed by atoms with Crippen LogP contribution in [0.5, 0.6) is 5.75 Å². The maximum atomic E-state index is 12.5. The van der Waals surface area contributed by atoms with E-state index < -0.39 is 12.1 Å². The normalized spacial score (nSPS) is 14.4. The van der Waals surface area contributed by atoms with Crippen LogP contribution in [0.4, 0.5) is 24.5 Å². The molecule has 160 valence electrons. The Labute approximate surface area is 172 Å². The molecular formula is C21H22F3N3O3. The number of nitrogens with one attached hydrogen (secondary N) is 1. The van der Waals surface area contributed by atoms with Crippen LogP contribution in [0.1, 0.15) is 17.3 Å². The van der Waals surface area contributed by atoms with Crippen molar-refractivity contribution in [2.75, 3.05) is 43.0 Å². The predicted octanol–water partition coefficient (Wildman–Crippen LogP) is 3.55. The molecule has 1 fully saturated rings. The number of rotatable bonds is 5. The summed E-state index contributed by atoms with van der Waals surface area (Å²) in [6.45, 7) is 3.06. The first-order chi connectivity index (χ1) is 14.3. The first-order valence-electron chi connectivity index (χ1n) is 9.53. The number of benzene rings is 2. The smallest absolute Gasteiger partial charge is 0.471 e. The molecule has 0 saturated carbocycles. The Morgan fingerprint density at radius 2 is 1.57 bits per heavy atom. The van der Waals surface area contributed by atoms with Gasteiger partial charge in [0, 0.05) is 43.1 Å². The van der Waals surface area contributed by atoms with Crippen LogP contribution in [0, 0.1) is 0 Å². The summed E-state index contributed by atoms with van der Waals surface area (Å²) in [6.07, 6.45) is -4.84. The molecule has 2 aromatic rings. The molecule has 30 heavy (non-hydrogen) atoms. The molecule has 1 saturated heterocycles. The van der Waals surface area contributed by atoms with Crippen molar-refractivity contribution < 1.29 is 27.5 Å². The Hall–Kier alpha value is -3.23. The molecule has 2 aromatic carbocycles. The van der Waals surface area contributed by atoms with E-state index in [9.17, 15) is 22.8 Å². The standard InChI is InChI=1S/C21H22F3N3O3/c1-2-30-18-9-3-15(4-10-18)19(28)25-16-5-7-17(8-6-16)26-11-13-27(14-12-26)20(29)21(22,23)24/h3-10H,2,11-14H2,1H3,(H,25,28). The van der Waals surface area contributed by atoms with Crippen molar-refractivity contribution in [2.45, 2.75) is 13.1 Å².